The van der Waals surface area contributed by atoms with Gasteiger partial charge in [0.25, 0.3) is 5.22 Å². The molecule has 4 heteroatoms. The van der Waals surface area contributed by atoms with Gasteiger partial charge in [-0.3, -0.25) is 0 Å². The molecule has 78 valence electrons. The average Bonchev–Trinajstić information content (AvgIpc) is 2.72. The van der Waals surface area contributed by atoms with Crippen molar-refractivity contribution in [3.63, 3.8) is 0 Å². The van der Waals surface area contributed by atoms with Crippen molar-refractivity contribution >= 4 is 11.8 Å². The van der Waals surface area contributed by atoms with E-state index >= 15 is 0 Å². The maximum absolute atomic E-state index is 5.15. The van der Waals surface area contributed by atoms with Crippen LogP contribution in [0.2, 0.25) is 0 Å². The van der Waals surface area contributed by atoms with Crippen LogP contribution in [0, 0.1) is 0 Å². The van der Waals surface area contributed by atoms with Gasteiger partial charge in [0.05, 0.1) is 6.20 Å². The molecule has 3 nitrogen and oxygen atoms in total. The average molecular weight is 212 g/mol. The number of oxazole rings is 1. The molecule has 2 heterocycles. The van der Waals surface area contributed by atoms with Crippen LogP contribution >= 0.6 is 11.8 Å². The number of rotatable bonds is 4. The molecular formula is C10H16N2OS. The summed E-state index contributed by atoms with van der Waals surface area (Å²) >= 11 is 1.70. The Hall–Kier alpha value is -0.480. The first-order chi connectivity index (χ1) is 6.95. The molecule has 0 saturated carbocycles. The van der Waals surface area contributed by atoms with Crippen LogP contribution in [0.15, 0.2) is 22.1 Å². The lowest BCUT2D eigenvalue weighted by molar-refractivity contribution is 0.394. The molecule has 1 saturated heterocycles. The molecule has 0 spiro atoms. The highest BCUT2D eigenvalue weighted by Gasteiger charge is 2.12. The molecule has 1 aromatic rings. The van der Waals surface area contributed by atoms with Gasteiger partial charge in [-0.1, -0.05) is 18.2 Å². The predicted octanol–water partition coefficient (Wildman–Crippen LogP) is 2.30. The largest absolute Gasteiger partial charge is 0.440 e. The van der Waals surface area contributed by atoms with E-state index in [0.29, 0.717) is 6.04 Å². The third-order valence-corrected chi connectivity index (χ3v) is 3.40. The summed E-state index contributed by atoms with van der Waals surface area (Å²) in [6.45, 7) is 1.19. The van der Waals surface area contributed by atoms with Crippen molar-refractivity contribution in [3.05, 3.63) is 12.5 Å². The Morgan fingerprint density at radius 2 is 2.57 bits per heavy atom. The molecule has 0 radical (unpaired) electrons. The quantitative estimate of drug-likeness (QED) is 0.777. The molecule has 1 unspecified atom stereocenters. The van der Waals surface area contributed by atoms with Crippen LogP contribution in [-0.2, 0) is 0 Å². The maximum atomic E-state index is 5.15. The van der Waals surface area contributed by atoms with Gasteiger partial charge in [0.1, 0.15) is 6.26 Å². The van der Waals surface area contributed by atoms with E-state index in [2.05, 4.69) is 10.3 Å². The van der Waals surface area contributed by atoms with Crippen LogP contribution in [0.5, 0.6) is 0 Å². The van der Waals surface area contributed by atoms with Gasteiger partial charge in [0.2, 0.25) is 0 Å². The van der Waals surface area contributed by atoms with Gasteiger partial charge in [-0.25, -0.2) is 4.98 Å². The van der Waals surface area contributed by atoms with E-state index in [9.17, 15) is 0 Å². The van der Waals surface area contributed by atoms with E-state index in [-0.39, 0.29) is 0 Å². The Labute approximate surface area is 88.7 Å². The van der Waals surface area contributed by atoms with Gasteiger partial charge < -0.3 is 9.73 Å². The van der Waals surface area contributed by atoms with Crippen molar-refractivity contribution in [2.75, 3.05) is 12.3 Å². The fourth-order valence-corrected chi connectivity index (χ4v) is 2.58. The highest BCUT2D eigenvalue weighted by molar-refractivity contribution is 7.99. The smallest absolute Gasteiger partial charge is 0.255 e. The zero-order valence-electron chi connectivity index (χ0n) is 8.24. The minimum atomic E-state index is 0.714. The third-order valence-electron chi connectivity index (χ3n) is 2.51. The topological polar surface area (TPSA) is 38.1 Å². The summed E-state index contributed by atoms with van der Waals surface area (Å²) in [5.41, 5.74) is 0. The van der Waals surface area contributed by atoms with Gasteiger partial charge in [-0.2, -0.15) is 0 Å². The number of nitrogens with one attached hydrogen (secondary N) is 1. The van der Waals surface area contributed by atoms with Crippen molar-refractivity contribution in [2.45, 2.75) is 36.9 Å². The number of hydrogen-bond acceptors (Lipinski definition) is 4. The first-order valence-corrected chi connectivity index (χ1v) is 6.19. The van der Waals surface area contributed by atoms with Crippen molar-refractivity contribution in [3.8, 4) is 0 Å². The van der Waals surface area contributed by atoms with E-state index in [0.717, 1.165) is 11.0 Å². The molecule has 1 aromatic heterocycles. The number of nitrogens with zero attached hydrogens (tertiary/aromatic N) is 1. The Kier molecular flexibility index (Phi) is 3.89. The Morgan fingerprint density at radius 1 is 1.57 bits per heavy atom. The summed E-state index contributed by atoms with van der Waals surface area (Å²) in [5.74, 6) is 1.10. The van der Waals surface area contributed by atoms with Gasteiger partial charge in [-0.05, 0) is 25.8 Å². The number of thioether (sulfide) groups is 1. The second-order valence-corrected chi connectivity index (χ2v) is 4.63. The third kappa shape index (κ3) is 3.03. The summed E-state index contributed by atoms with van der Waals surface area (Å²) in [4.78, 5) is 4.07. The highest BCUT2D eigenvalue weighted by atomic mass is 32.2. The summed E-state index contributed by atoms with van der Waals surface area (Å²) in [6, 6.07) is 0.714. The van der Waals surface area contributed by atoms with Crippen molar-refractivity contribution in [1.82, 2.24) is 10.3 Å². The number of aromatic nitrogens is 1. The molecular weight excluding hydrogens is 196 g/mol. The van der Waals surface area contributed by atoms with E-state index < -0.39 is 0 Å². The van der Waals surface area contributed by atoms with Crippen molar-refractivity contribution in [1.29, 1.82) is 0 Å². The van der Waals surface area contributed by atoms with Gasteiger partial charge in [-0.15, -0.1) is 0 Å². The van der Waals surface area contributed by atoms with Gasteiger partial charge in [0, 0.05) is 11.8 Å². The van der Waals surface area contributed by atoms with Crippen LogP contribution < -0.4 is 5.32 Å². The lowest BCUT2D eigenvalue weighted by Gasteiger charge is -2.22. The van der Waals surface area contributed by atoms with Gasteiger partial charge in [0.15, 0.2) is 0 Å². The standard InChI is InChI=1S/C10H16N2OS/c1-2-5-11-9(3-1)4-8-14-10-12-6-7-13-10/h6-7,9,11H,1-5,8H2. The first-order valence-electron chi connectivity index (χ1n) is 5.21. The Bertz CT molecular complexity index is 245. The lowest BCUT2D eigenvalue weighted by Crippen LogP contribution is -2.34. The first kappa shape index (κ1) is 10.1. The molecule has 0 bridgehead atoms. The molecule has 2 rings (SSSR count). The summed E-state index contributed by atoms with van der Waals surface area (Å²) in [7, 11) is 0. The monoisotopic (exact) mass is 212 g/mol. The summed E-state index contributed by atoms with van der Waals surface area (Å²) in [5, 5.41) is 4.33. The number of hydrogen-bond donors (Lipinski definition) is 1. The van der Waals surface area contributed by atoms with E-state index in [1.807, 2.05) is 0 Å². The van der Waals surface area contributed by atoms with Crippen LogP contribution in [0.4, 0.5) is 0 Å². The normalized spacial score (nSPS) is 22.4. The molecule has 1 N–H and O–H groups in total. The fourth-order valence-electron chi connectivity index (χ4n) is 1.74. The van der Waals surface area contributed by atoms with Crippen LogP contribution in [0.1, 0.15) is 25.7 Å². The molecule has 14 heavy (non-hydrogen) atoms. The minimum Gasteiger partial charge on any atom is -0.440 e. The molecule has 0 amide bonds. The minimum absolute atomic E-state index is 0.714. The predicted molar refractivity (Wildman–Crippen MR) is 57.5 cm³/mol. The zero-order valence-corrected chi connectivity index (χ0v) is 9.05. The van der Waals surface area contributed by atoms with E-state index in [1.54, 1.807) is 24.2 Å². The molecule has 0 aromatic carbocycles. The van der Waals surface area contributed by atoms with Gasteiger partial charge >= 0.3 is 0 Å². The molecule has 0 aliphatic carbocycles. The second kappa shape index (κ2) is 5.41. The van der Waals surface area contributed by atoms with Crippen molar-refractivity contribution < 1.29 is 4.42 Å². The summed E-state index contributed by atoms with van der Waals surface area (Å²) < 4.78 is 5.15. The molecule has 1 aliphatic rings. The SMILES string of the molecule is c1coc(SCCC2CCCCN2)n1. The molecule has 1 fully saturated rings. The highest BCUT2D eigenvalue weighted by Crippen LogP contribution is 2.18. The molecule has 1 atom stereocenters. The second-order valence-electron chi connectivity index (χ2n) is 3.58. The Morgan fingerprint density at radius 3 is 3.29 bits per heavy atom. The lowest BCUT2D eigenvalue weighted by atomic mass is 10.0. The van der Waals surface area contributed by atoms with E-state index in [1.165, 1.54) is 32.2 Å². The maximum Gasteiger partial charge on any atom is 0.255 e. The van der Waals surface area contributed by atoms with E-state index in [4.69, 9.17) is 4.42 Å². The Balaban J connectivity index is 1.62. The zero-order chi connectivity index (χ0) is 9.64. The van der Waals surface area contributed by atoms with Crippen LogP contribution in [0.3, 0.4) is 0 Å². The van der Waals surface area contributed by atoms with Crippen LogP contribution in [0.25, 0.3) is 0 Å². The number of piperidine rings is 1. The van der Waals surface area contributed by atoms with Crippen LogP contribution in [-0.4, -0.2) is 23.3 Å². The fraction of sp³-hybridized carbons (Fsp3) is 0.700. The summed E-state index contributed by atoms with van der Waals surface area (Å²) in [6.07, 6.45) is 8.58. The molecule has 1 aliphatic heterocycles. The van der Waals surface area contributed by atoms with Crippen molar-refractivity contribution in [2.24, 2.45) is 0 Å².